The molecule has 0 aromatic heterocycles. The van der Waals surface area contributed by atoms with Gasteiger partial charge in [-0.15, -0.1) is 0 Å². The lowest BCUT2D eigenvalue weighted by Gasteiger charge is -2.08. The summed E-state index contributed by atoms with van der Waals surface area (Å²) in [6, 6.07) is 15.9. The monoisotopic (exact) mass is 315 g/mol. The highest BCUT2D eigenvalue weighted by Gasteiger charge is 2.01. The molecule has 0 saturated carbocycles. The maximum Gasteiger partial charge on any atom is 0.308 e. The van der Waals surface area contributed by atoms with Gasteiger partial charge in [-0.3, -0.25) is 4.79 Å². The quantitative estimate of drug-likeness (QED) is 0.444. The van der Waals surface area contributed by atoms with E-state index in [1.54, 1.807) is 11.8 Å². The van der Waals surface area contributed by atoms with Crippen molar-refractivity contribution in [3.8, 4) is 5.75 Å². The molecule has 2 rings (SSSR count). The van der Waals surface area contributed by atoms with Gasteiger partial charge in [0, 0.05) is 28.9 Å². The Hall–Kier alpha value is -1.94. The van der Waals surface area contributed by atoms with Gasteiger partial charge >= 0.3 is 5.97 Å². The van der Waals surface area contributed by atoms with E-state index in [9.17, 15) is 4.79 Å². The zero-order valence-corrected chi connectivity index (χ0v) is 13.8. The lowest BCUT2D eigenvalue weighted by atomic mass is 10.3. The summed E-state index contributed by atoms with van der Waals surface area (Å²) in [5, 5.41) is 3.43. The number of anilines is 1. The number of carbonyl (C=O) groups excluding carboxylic acids is 1. The van der Waals surface area contributed by atoms with Crippen LogP contribution in [-0.4, -0.2) is 12.5 Å². The van der Waals surface area contributed by atoms with Crippen molar-refractivity contribution in [2.45, 2.75) is 36.5 Å². The Labute approximate surface area is 136 Å². The number of unbranched alkanes of at least 4 members (excludes halogenated alkanes) is 1. The fraction of sp³-hybridized carbons (Fsp3) is 0.278. The van der Waals surface area contributed by atoms with Crippen LogP contribution in [0.5, 0.6) is 5.75 Å². The minimum atomic E-state index is -0.300. The third-order valence-electron chi connectivity index (χ3n) is 3.01. The SMILES string of the molecule is CCCCNc1cccc(Sc2ccc(OC(C)=O)cc2)c1. The van der Waals surface area contributed by atoms with Crippen LogP contribution < -0.4 is 10.1 Å². The van der Waals surface area contributed by atoms with E-state index in [0.717, 1.165) is 17.1 Å². The number of nitrogens with one attached hydrogen (secondary N) is 1. The first-order valence-corrected chi connectivity index (χ1v) is 8.29. The van der Waals surface area contributed by atoms with Gasteiger partial charge in [0.05, 0.1) is 0 Å². The number of rotatable bonds is 7. The molecule has 0 bridgehead atoms. The van der Waals surface area contributed by atoms with Crippen LogP contribution in [0.15, 0.2) is 58.3 Å². The number of benzene rings is 2. The topological polar surface area (TPSA) is 38.3 Å². The molecule has 2 aromatic carbocycles. The number of carbonyl (C=O) groups is 1. The van der Waals surface area contributed by atoms with Gasteiger partial charge in [0.15, 0.2) is 0 Å². The minimum absolute atomic E-state index is 0.300. The third-order valence-corrected chi connectivity index (χ3v) is 4.01. The molecule has 116 valence electrons. The molecule has 0 heterocycles. The van der Waals surface area contributed by atoms with Gasteiger partial charge in [0.25, 0.3) is 0 Å². The van der Waals surface area contributed by atoms with Crippen molar-refractivity contribution < 1.29 is 9.53 Å². The molecule has 3 nitrogen and oxygen atoms in total. The highest BCUT2D eigenvalue weighted by molar-refractivity contribution is 7.99. The van der Waals surface area contributed by atoms with E-state index in [4.69, 9.17) is 4.74 Å². The van der Waals surface area contributed by atoms with Crippen LogP contribution in [0.4, 0.5) is 5.69 Å². The normalized spacial score (nSPS) is 10.3. The highest BCUT2D eigenvalue weighted by atomic mass is 32.2. The number of hydrogen-bond acceptors (Lipinski definition) is 4. The average Bonchev–Trinajstić information content (AvgIpc) is 2.49. The first-order chi connectivity index (χ1) is 10.7. The zero-order valence-electron chi connectivity index (χ0n) is 13.0. The van der Waals surface area contributed by atoms with Crippen LogP contribution in [0.2, 0.25) is 0 Å². The predicted octanol–water partition coefficient (Wildman–Crippen LogP) is 4.98. The van der Waals surface area contributed by atoms with Crippen LogP contribution >= 0.6 is 11.8 Å². The molecule has 4 heteroatoms. The molecular formula is C18H21NO2S. The van der Waals surface area contributed by atoms with Crippen LogP contribution in [0, 0.1) is 0 Å². The van der Waals surface area contributed by atoms with E-state index < -0.39 is 0 Å². The van der Waals surface area contributed by atoms with Crippen molar-refractivity contribution >= 4 is 23.4 Å². The van der Waals surface area contributed by atoms with Gasteiger partial charge in [-0.1, -0.05) is 31.2 Å². The molecule has 0 saturated heterocycles. The van der Waals surface area contributed by atoms with Crippen LogP contribution in [-0.2, 0) is 4.79 Å². The summed E-state index contributed by atoms with van der Waals surface area (Å²) in [4.78, 5) is 13.2. The third kappa shape index (κ3) is 5.45. The summed E-state index contributed by atoms with van der Waals surface area (Å²) in [6.45, 7) is 4.59. The lowest BCUT2D eigenvalue weighted by Crippen LogP contribution is -2.00. The van der Waals surface area contributed by atoms with Crippen molar-refractivity contribution in [3.63, 3.8) is 0 Å². The van der Waals surface area contributed by atoms with Crippen LogP contribution in [0.25, 0.3) is 0 Å². The fourth-order valence-corrected chi connectivity index (χ4v) is 2.83. The maximum atomic E-state index is 10.9. The fourth-order valence-electron chi connectivity index (χ4n) is 1.96. The Morgan fingerprint density at radius 1 is 1.14 bits per heavy atom. The second-order valence-corrected chi connectivity index (χ2v) is 6.12. The smallest absolute Gasteiger partial charge is 0.308 e. The summed E-state index contributed by atoms with van der Waals surface area (Å²) >= 11 is 1.69. The lowest BCUT2D eigenvalue weighted by molar-refractivity contribution is -0.131. The maximum absolute atomic E-state index is 10.9. The summed E-state index contributed by atoms with van der Waals surface area (Å²) in [5.74, 6) is 0.276. The van der Waals surface area contributed by atoms with Gasteiger partial charge in [-0.25, -0.2) is 0 Å². The summed E-state index contributed by atoms with van der Waals surface area (Å²) in [6.07, 6.45) is 2.37. The Kier molecular flexibility index (Phi) is 6.34. The first kappa shape index (κ1) is 16.4. The van der Waals surface area contributed by atoms with Gasteiger partial charge in [0.1, 0.15) is 5.75 Å². The van der Waals surface area contributed by atoms with Gasteiger partial charge in [-0.05, 0) is 48.9 Å². The van der Waals surface area contributed by atoms with E-state index >= 15 is 0 Å². The van der Waals surface area contributed by atoms with Crippen molar-refractivity contribution in [2.75, 3.05) is 11.9 Å². The van der Waals surface area contributed by atoms with Crippen molar-refractivity contribution in [3.05, 3.63) is 48.5 Å². The van der Waals surface area contributed by atoms with Crippen LogP contribution in [0.1, 0.15) is 26.7 Å². The molecule has 0 unspecified atom stereocenters. The molecule has 1 N–H and O–H groups in total. The number of esters is 1. The predicted molar refractivity (Wildman–Crippen MR) is 91.7 cm³/mol. The Balaban J connectivity index is 1.97. The summed E-state index contributed by atoms with van der Waals surface area (Å²) in [5.41, 5.74) is 1.15. The summed E-state index contributed by atoms with van der Waals surface area (Å²) < 4.78 is 5.04. The number of ether oxygens (including phenoxy) is 1. The van der Waals surface area contributed by atoms with E-state index in [1.807, 2.05) is 24.3 Å². The molecule has 0 aliphatic rings. The molecule has 2 aromatic rings. The average molecular weight is 315 g/mol. The molecule has 0 atom stereocenters. The molecule has 0 amide bonds. The van der Waals surface area contributed by atoms with Crippen molar-refractivity contribution in [2.24, 2.45) is 0 Å². The first-order valence-electron chi connectivity index (χ1n) is 7.47. The van der Waals surface area contributed by atoms with Gasteiger partial charge in [0.2, 0.25) is 0 Å². The largest absolute Gasteiger partial charge is 0.427 e. The Morgan fingerprint density at radius 3 is 2.59 bits per heavy atom. The standard InChI is InChI=1S/C18H21NO2S/c1-3-4-12-19-15-6-5-7-18(13-15)22-17-10-8-16(9-11-17)21-14(2)20/h5-11,13,19H,3-4,12H2,1-2H3. The zero-order chi connectivity index (χ0) is 15.8. The van der Waals surface area contributed by atoms with Crippen LogP contribution in [0.3, 0.4) is 0 Å². The van der Waals surface area contributed by atoms with Crippen molar-refractivity contribution in [1.82, 2.24) is 0 Å². The molecule has 0 aliphatic heterocycles. The molecule has 0 fully saturated rings. The van der Waals surface area contributed by atoms with E-state index in [0.29, 0.717) is 5.75 Å². The molecule has 0 aliphatic carbocycles. The Morgan fingerprint density at radius 2 is 1.91 bits per heavy atom. The molecule has 22 heavy (non-hydrogen) atoms. The minimum Gasteiger partial charge on any atom is -0.427 e. The van der Waals surface area contributed by atoms with E-state index in [-0.39, 0.29) is 5.97 Å². The molecule has 0 spiro atoms. The van der Waals surface area contributed by atoms with Gasteiger partial charge < -0.3 is 10.1 Å². The molecule has 0 radical (unpaired) electrons. The summed E-state index contributed by atoms with van der Waals surface area (Å²) in [7, 11) is 0. The van der Waals surface area contributed by atoms with Gasteiger partial charge in [-0.2, -0.15) is 0 Å². The second-order valence-electron chi connectivity index (χ2n) is 4.98. The Bertz CT molecular complexity index is 611. The van der Waals surface area contributed by atoms with Crippen molar-refractivity contribution in [1.29, 1.82) is 0 Å². The van der Waals surface area contributed by atoms with E-state index in [2.05, 4.69) is 36.5 Å². The second kappa shape index (κ2) is 8.49. The number of hydrogen-bond donors (Lipinski definition) is 1. The highest BCUT2D eigenvalue weighted by Crippen LogP contribution is 2.30. The van der Waals surface area contributed by atoms with E-state index in [1.165, 1.54) is 24.7 Å². The molecular weight excluding hydrogens is 294 g/mol.